The first kappa shape index (κ1) is 38.0. The molecular weight excluding hydrogens is 640 g/mol. The molecule has 3 fully saturated rings. The number of amides is 2. The van der Waals surface area contributed by atoms with E-state index in [4.69, 9.17) is 4.74 Å². The fourth-order valence-electron chi connectivity index (χ4n) is 9.24. The largest absolute Gasteiger partial charge is 0.480 e. The van der Waals surface area contributed by atoms with Gasteiger partial charge in [-0.15, -0.1) is 0 Å². The lowest BCUT2D eigenvalue weighted by Crippen LogP contribution is -2.62. The number of carbonyl (C=O) groups excluding carboxylic acids is 5. The van der Waals surface area contributed by atoms with E-state index in [-0.39, 0.29) is 67.0 Å². The highest BCUT2D eigenvalue weighted by Gasteiger charge is 2.68. The number of aliphatic hydroxyl groups excluding tert-OH is 1. The fourth-order valence-corrected chi connectivity index (χ4v) is 9.71. The summed E-state index contributed by atoms with van der Waals surface area (Å²) in [5, 5.41) is 37.9. The predicted molar refractivity (Wildman–Crippen MR) is 178 cm³/mol. The second-order valence-corrected chi connectivity index (χ2v) is 16.0. The van der Waals surface area contributed by atoms with Crippen molar-refractivity contribution in [2.24, 2.45) is 34.5 Å². The number of thioether (sulfide) groups is 1. The van der Waals surface area contributed by atoms with E-state index in [2.05, 4.69) is 17.6 Å². The number of allylic oxidation sites excluding steroid dienone is 1. The van der Waals surface area contributed by atoms with Gasteiger partial charge < -0.3 is 30.7 Å². The number of ether oxygens (including phenoxy) is 1. The van der Waals surface area contributed by atoms with Crippen LogP contribution in [0.5, 0.6) is 0 Å². The van der Waals surface area contributed by atoms with Gasteiger partial charge in [0.15, 0.2) is 12.4 Å². The zero-order valence-electron chi connectivity index (χ0n) is 28.7. The molecule has 0 unspecified atom stereocenters. The van der Waals surface area contributed by atoms with Crippen LogP contribution in [-0.2, 0) is 33.5 Å². The summed E-state index contributed by atoms with van der Waals surface area (Å²) >= 11 is 1.45. The summed E-state index contributed by atoms with van der Waals surface area (Å²) < 4.78 is 5.23. The molecule has 9 atom stereocenters. The topological polar surface area (TPSA) is 196 Å². The van der Waals surface area contributed by atoms with Gasteiger partial charge in [0.25, 0.3) is 0 Å². The van der Waals surface area contributed by atoms with Crippen LogP contribution in [0.2, 0.25) is 0 Å². The van der Waals surface area contributed by atoms with Gasteiger partial charge in [-0.1, -0.05) is 33.3 Å². The second-order valence-electron chi connectivity index (χ2n) is 15.0. The predicted octanol–water partition coefficient (Wildman–Crippen LogP) is 2.58. The van der Waals surface area contributed by atoms with Gasteiger partial charge >= 0.3 is 11.9 Å². The van der Waals surface area contributed by atoms with Gasteiger partial charge in [0.05, 0.1) is 12.5 Å². The van der Waals surface area contributed by atoms with Crippen LogP contribution in [0.15, 0.2) is 11.6 Å². The van der Waals surface area contributed by atoms with E-state index in [0.717, 1.165) is 18.4 Å². The Kier molecular flexibility index (Phi) is 11.9. The highest BCUT2D eigenvalue weighted by Crippen LogP contribution is 2.67. The molecule has 4 rings (SSSR count). The van der Waals surface area contributed by atoms with Crippen LogP contribution >= 0.6 is 11.8 Å². The average Bonchev–Trinajstić information content (AvgIpc) is 3.29. The van der Waals surface area contributed by atoms with E-state index in [1.54, 1.807) is 19.9 Å². The molecule has 48 heavy (non-hydrogen) atoms. The standard InChI is InChI=1S/C35H52N2O10S/c1-19(2)30(31(43)36-24(32(44)45)12-15-48-5)37-27(41)8-9-28(42)47-18-26(40)35(46)14-11-23-22-7-6-20-16-21(38)10-13-33(20,3)29(22)25(39)17-34(23,35)4/h16,19,22-25,29-30,39,46H,6-15,17-18H2,1-5H3,(H,36,43)(H,37,41)(H,44,45)/t22-,23-,24+,25-,29+,30-,33-,34-,35-/m0/s1. The van der Waals surface area contributed by atoms with Crippen molar-refractivity contribution < 1.29 is 48.8 Å². The van der Waals surface area contributed by atoms with Gasteiger partial charge in [-0.05, 0) is 92.1 Å². The number of esters is 1. The molecule has 4 aliphatic rings. The normalized spacial score (nSPS) is 33.8. The smallest absolute Gasteiger partial charge is 0.326 e. The van der Waals surface area contributed by atoms with Crippen LogP contribution in [0.4, 0.5) is 0 Å². The number of nitrogens with one attached hydrogen (secondary N) is 2. The first-order valence-electron chi connectivity index (χ1n) is 17.1. The third-order valence-corrected chi connectivity index (χ3v) is 12.6. The number of hydrogen-bond acceptors (Lipinski definition) is 10. The average molecular weight is 693 g/mol. The third kappa shape index (κ3) is 7.38. The maximum absolute atomic E-state index is 13.5. The van der Waals surface area contributed by atoms with Crippen LogP contribution in [0.3, 0.4) is 0 Å². The van der Waals surface area contributed by atoms with Crippen LogP contribution in [0, 0.1) is 34.5 Å². The Morgan fingerprint density at radius 1 is 1.06 bits per heavy atom. The Morgan fingerprint density at radius 3 is 2.42 bits per heavy atom. The lowest BCUT2D eigenvalue weighted by molar-refractivity contribution is -0.184. The number of fused-ring (bicyclic) bond motifs is 5. The Bertz CT molecular complexity index is 1330. The maximum Gasteiger partial charge on any atom is 0.326 e. The van der Waals surface area contributed by atoms with Gasteiger partial charge in [-0.25, -0.2) is 4.79 Å². The van der Waals surface area contributed by atoms with Gasteiger partial charge in [0, 0.05) is 18.3 Å². The number of carboxylic acids is 1. The van der Waals surface area contributed by atoms with Crippen LogP contribution in [-0.4, -0.2) is 93.0 Å². The van der Waals surface area contributed by atoms with Gasteiger partial charge in [-0.3, -0.25) is 24.0 Å². The monoisotopic (exact) mass is 692 g/mol. The third-order valence-electron chi connectivity index (χ3n) is 11.9. The van der Waals surface area contributed by atoms with Crippen LogP contribution in [0.1, 0.15) is 91.9 Å². The van der Waals surface area contributed by atoms with E-state index >= 15 is 0 Å². The van der Waals surface area contributed by atoms with Crippen molar-refractivity contribution >= 4 is 47.1 Å². The number of Topliss-reactive ketones (excluding diaryl/α,β-unsaturated/α-hetero) is 1. The van der Waals surface area contributed by atoms with E-state index < -0.39 is 65.3 Å². The van der Waals surface area contributed by atoms with Crippen molar-refractivity contribution in [1.82, 2.24) is 10.6 Å². The van der Waals surface area contributed by atoms with Crippen molar-refractivity contribution in [1.29, 1.82) is 0 Å². The molecule has 12 nitrogen and oxygen atoms in total. The molecule has 268 valence electrons. The molecule has 0 aromatic heterocycles. The number of aliphatic carboxylic acids is 1. The van der Waals surface area contributed by atoms with Gasteiger partial charge in [0.1, 0.15) is 17.7 Å². The van der Waals surface area contributed by atoms with E-state index in [0.29, 0.717) is 25.0 Å². The Labute approximate surface area is 286 Å². The van der Waals surface area contributed by atoms with Crippen LogP contribution < -0.4 is 10.6 Å². The summed E-state index contributed by atoms with van der Waals surface area (Å²) in [4.78, 5) is 75.3. The summed E-state index contributed by atoms with van der Waals surface area (Å²) in [6, 6.07) is -2.11. The molecule has 5 N–H and O–H groups in total. The molecular formula is C35H52N2O10S. The highest BCUT2D eigenvalue weighted by molar-refractivity contribution is 7.98. The zero-order valence-corrected chi connectivity index (χ0v) is 29.5. The molecule has 0 aromatic carbocycles. The van der Waals surface area contributed by atoms with E-state index in [9.17, 15) is 44.1 Å². The molecule has 0 heterocycles. The van der Waals surface area contributed by atoms with Gasteiger partial charge in [-0.2, -0.15) is 11.8 Å². The number of aliphatic hydroxyl groups is 2. The minimum absolute atomic E-state index is 0.0161. The van der Waals surface area contributed by atoms with Crippen molar-refractivity contribution in [3.63, 3.8) is 0 Å². The minimum atomic E-state index is -1.79. The van der Waals surface area contributed by atoms with Crippen LogP contribution in [0.25, 0.3) is 0 Å². The molecule has 0 aliphatic heterocycles. The zero-order chi connectivity index (χ0) is 35.6. The van der Waals surface area contributed by atoms with E-state index in [1.807, 2.05) is 13.2 Å². The number of ketones is 2. The number of hydrogen-bond donors (Lipinski definition) is 5. The molecule has 3 saturated carbocycles. The van der Waals surface area contributed by atoms with Crippen molar-refractivity contribution in [2.45, 2.75) is 116 Å². The maximum atomic E-state index is 13.5. The SMILES string of the molecule is CSCC[C@@H](NC(=O)[C@@H](NC(=O)CCC(=O)OCC(=O)[C@@]1(O)CC[C@H]2[C@@H]3CCC4=CC(=O)CC[C@]4(C)[C@H]3[C@@H](O)C[C@@]21C)C(C)C)C(=O)O. The molecule has 2 amide bonds. The molecule has 4 aliphatic carbocycles. The summed E-state index contributed by atoms with van der Waals surface area (Å²) in [6.07, 6.45) is 6.04. The van der Waals surface area contributed by atoms with Crippen molar-refractivity contribution in [3.8, 4) is 0 Å². The quantitative estimate of drug-likeness (QED) is 0.168. The first-order valence-corrected chi connectivity index (χ1v) is 18.5. The lowest BCUT2D eigenvalue weighted by atomic mass is 9.45. The first-order chi connectivity index (χ1) is 22.5. The molecule has 0 spiro atoms. The molecule has 0 bridgehead atoms. The molecule has 13 heteroatoms. The minimum Gasteiger partial charge on any atom is -0.480 e. The van der Waals surface area contributed by atoms with E-state index in [1.165, 1.54) is 11.8 Å². The highest BCUT2D eigenvalue weighted by atomic mass is 32.2. The summed E-state index contributed by atoms with van der Waals surface area (Å²) in [7, 11) is 0. The fraction of sp³-hybridized carbons (Fsp3) is 0.771. The summed E-state index contributed by atoms with van der Waals surface area (Å²) in [5.74, 6) is -3.56. The Morgan fingerprint density at radius 2 is 1.77 bits per heavy atom. The molecule has 0 aromatic rings. The lowest BCUT2D eigenvalue weighted by Gasteiger charge is -2.60. The summed E-state index contributed by atoms with van der Waals surface area (Å²) in [5.41, 5.74) is -1.90. The number of rotatable bonds is 14. The Balaban J connectivity index is 1.31. The van der Waals surface area contributed by atoms with Crippen molar-refractivity contribution in [2.75, 3.05) is 18.6 Å². The number of carbonyl (C=O) groups is 6. The Hall–Kier alpha value is -2.77. The number of carboxylic acid groups (broad SMARTS) is 1. The van der Waals surface area contributed by atoms with Crippen molar-refractivity contribution in [3.05, 3.63) is 11.6 Å². The molecule has 0 radical (unpaired) electrons. The summed E-state index contributed by atoms with van der Waals surface area (Å²) in [6.45, 7) is 6.73. The van der Waals surface area contributed by atoms with Gasteiger partial charge in [0.2, 0.25) is 17.6 Å². The molecule has 0 saturated heterocycles. The second kappa shape index (κ2) is 15.0.